The van der Waals surface area contributed by atoms with Crippen LogP contribution in [0.2, 0.25) is 0 Å². The van der Waals surface area contributed by atoms with Crippen LogP contribution in [0.15, 0.2) is 12.1 Å². The van der Waals surface area contributed by atoms with E-state index in [1.165, 1.54) is 14.2 Å². The molecule has 7 nitrogen and oxygen atoms in total. The van der Waals surface area contributed by atoms with E-state index >= 15 is 0 Å². The second-order valence-electron chi connectivity index (χ2n) is 6.23. The van der Waals surface area contributed by atoms with Gasteiger partial charge in [-0.05, 0) is 19.1 Å². The van der Waals surface area contributed by atoms with E-state index in [4.69, 9.17) is 9.47 Å². The topological polar surface area (TPSA) is 80.3 Å². The lowest BCUT2D eigenvalue weighted by Crippen LogP contribution is -2.66. The lowest BCUT2D eigenvalue weighted by Gasteiger charge is -2.46. The highest BCUT2D eigenvalue weighted by Crippen LogP contribution is 2.49. The van der Waals surface area contributed by atoms with Crippen LogP contribution in [0.5, 0.6) is 17.2 Å². The fraction of sp³-hybridized carbons (Fsp3) is 0.588. The lowest BCUT2D eigenvalue weighted by molar-refractivity contribution is -0.246. The van der Waals surface area contributed by atoms with Crippen molar-refractivity contribution in [3.05, 3.63) is 17.7 Å². The predicted octanol–water partition coefficient (Wildman–Crippen LogP) is 1.63. The zero-order chi connectivity index (χ0) is 20.4. The summed E-state index contributed by atoms with van der Waals surface area (Å²) < 4.78 is 58.0. The zero-order valence-corrected chi connectivity index (χ0v) is 15.5. The van der Waals surface area contributed by atoms with Crippen molar-refractivity contribution in [2.45, 2.75) is 24.7 Å². The van der Waals surface area contributed by atoms with Crippen LogP contribution in [0.1, 0.15) is 12.5 Å². The summed E-state index contributed by atoms with van der Waals surface area (Å²) in [6.45, 7) is 1.91. The number of halogens is 3. The van der Waals surface area contributed by atoms with E-state index in [2.05, 4.69) is 10.1 Å². The number of methoxy groups -OCH3 is 3. The highest BCUT2D eigenvalue weighted by atomic mass is 19.4. The quantitative estimate of drug-likeness (QED) is 0.738. The normalized spacial score (nSPS) is 20.6. The Balaban J connectivity index is 2.81. The fourth-order valence-electron chi connectivity index (χ4n) is 3.38. The first kappa shape index (κ1) is 21.1. The largest absolute Gasteiger partial charge is 0.502 e. The molecule has 2 atom stereocenters. The molecule has 1 saturated heterocycles. The van der Waals surface area contributed by atoms with Crippen molar-refractivity contribution in [3.8, 4) is 17.2 Å². The fourth-order valence-corrected chi connectivity index (χ4v) is 3.38. The van der Waals surface area contributed by atoms with Crippen molar-refractivity contribution in [1.29, 1.82) is 0 Å². The minimum absolute atomic E-state index is 0.0372. The highest BCUT2D eigenvalue weighted by Gasteiger charge is 2.66. The second kappa shape index (κ2) is 7.81. The highest BCUT2D eigenvalue weighted by molar-refractivity contribution is 5.84. The number of aromatic hydroxyl groups is 1. The summed E-state index contributed by atoms with van der Waals surface area (Å²) in [7, 11) is 3.29. The molecular weight excluding hydrogens is 369 g/mol. The molecule has 27 heavy (non-hydrogen) atoms. The third-order valence-electron chi connectivity index (χ3n) is 4.63. The average Bonchev–Trinajstić information content (AvgIpc) is 2.61. The van der Waals surface area contributed by atoms with Crippen molar-refractivity contribution in [2.24, 2.45) is 0 Å². The number of carbonyl (C=O) groups excluding carboxylic acids is 1. The van der Waals surface area contributed by atoms with Crippen molar-refractivity contribution < 1.29 is 37.3 Å². The summed E-state index contributed by atoms with van der Waals surface area (Å²) in [5.41, 5.74) is -3.53. The Morgan fingerprint density at radius 3 is 2.19 bits per heavy atom. The monoisotopic (exact) mass is 392 g/mol. The number of phenolic OH excluding ortho intramolecular Hbond substituents is 1. The Morgan fingerprint density at radius 2 is 1.78 bits per heavy atom. The number of hydrogen-bond donors (Lipinski definition) is 2. The van der Waals surface area contributed by atoms with E-state index in [1.807, 2.05) is 0 Å². The van der Waals surface area contributed by atoms with E-state index in [9.17, 15) is 23.1 Å². The average molecular weight is 392 g/mol. The molecule has 1 fully saturated rings. The maximum absolute atomic E-state index is 14.5. The number of carbonyl (C=O) groups is 1. The zero-order valence-electron chi connectivity index (χ0n) is 15.5. The number of phenols is 1. The molecule has 10 heteroatoms. The van der Waals surface area contributed by atoms with E-state index in [0.29, 0.717) is 0 Å². The molecular formula is C17H23F3N2O5. The molecule has 1 aliphatic rings. The predicted molar refractivity (Wildman–Crippen MR) is 90.0 cm³/mol. The number of nitrogens with zero attached hydrogens (tertiary/aromatic N) is 1. The van der Waals surface area contributed by atoms with Gasteiger partial charge in [0.1, 0.15) is 0 Å². The van der Waals surface area contributed by atoms with E-state index in [-0.39, 0.29) is 37.2 Å². The van der Waals surface area contributed by atoms with Crippen molar-refractivity contribution >= 4 is 5.97 Å². The Hall–Kier alpha value is -2.20. The van der Waals surface area contributed by atoms with Crippen LogP contribution in [0.25, 0.3) is 0 Å². The van der Waals surface area contributed by atoms with Crippen molar-refractivity contribution in [2.75, 3.05) is 41.0 Å². The maximum Gasteiger partial charge on any atom is 0.421 e. The van der Waals surface area contributed by atoms with Gasteiger partial charge in [0.05, 0.1) is 21.3 Å². The number of ether oxygens (including phenoxy) is 3. The van der Waals surface area contributed by atoms with Gasteiger partial charge < -0.3 is 24.6 Å². The first-order valence-electron chi connectivity index (χ1n) is 8.22. The number of alkyl halides is 3. The number of nitrogens with one attached hydrogen (secondary N) is 1. The van der Waals surface area contributed by atoms with Gasteiger partial charge in [-0.2, -0.15) is 13.2 Å². The van der Waals surface area contributed by atoms with Gasteiger partial charge in [-0.25, -0.2) is 4.79 Å². The van der Waals surface area contributed by atoms with Crippen LogP contribution in [0.4, 0.5) is 13.2 Å². The summed E-state index contributed by atoms with van der Waals surface area (Å²) in [4.78, 5) is 13.7. The minimum Gasteiger partial charge on any atom is -0.502 e. The Bertz CT molecular complexity index is 673. The molecule has 0 radical (unpaired) electrons. The number of piperazine rings is 1. The number of benzene rings is 1. The van der Waals surface area contributed by atoms with Gasteiger partial charge in [0.15, 0.2) is 11.5 Å². The molecule has 0 spiro atoms. The molecule has 1 heterocycles. The first-order chi connectivity index (χ1) is 12.6. The third-order valence-corrected chi connectivity index (χ3v) is 4.63. The first-order valence-corrected chi connectivity index (χ1v) is 8.22. The summed E-state index contributed by atoms with van der Waals surface area (Å²) in [6, 6.07) is 1.69. The van der Waals surface area contributed by atoms with Gasteiger partial charge in [0.2, 0.25) is 11.3 Å². The van der Waals surface area contributed by atoms with Gasteiger partial charge in [-0.15, -0.1) is 0 Å². The van der Waals surface area contributed by atoms with Gasteiger partial charge in [0.25, 0.3) is 0 Å². The Kier molecular flexibility index (Phi) is 6.10. The van der Waals surface area contributed by atoms with Crippen LogP contribution in [-0.4, -0.2) is 69.2 Å². The molecule has 0 unspecified atom stereocenters. The Morgan fingerprint density at radius 1 is 1.22 bits per heavy atom. The van der Waals surface area contributed by atoms with Gasteiger partial charge in [-0.1, -0.05) is 0 Å². The smallest absolute Gasteiger partial charge is 0.421 e. The molecule has 152 valence electrons. The maximum atomic E-state index is 14.5. The van der Waals surface area contributed by atoms with Crippen LogP contribution in [0, 0.1) is 0 Å². The summed E-state index contributed by atoms with van der Waals surface area (Å²) >= 11 is 0. The van der Waals surface area contributed by atoms with Crippen LogP contribution < -0.4 is 14.8 Å². The minimum atomic E-state index is -5.01. The van der Waals surface area contributed by atoms with E-state index in [0.717, 1.165) is 24.1 Å². The summed E-state index contributed by atoms with van der Waals surface area (Å²) in [5.74, 6) is -2.42. The molecule has 0 saturated carbocycles. The SMILES string of the molecule is COC(=O)[C@](c1cc(OC)c(O)c(OC)c1)(N1CCN[C@H](C)C1)C(F)(F)F. The van der Waals surface area contributed by atoms with E-state index in [1.54, 1.807) is 6.92 Å². The van der Waals surface area contributed by atoms with E-state index < -0.39 is 29.0 Å². The molecule has 0 bridgehead atoms. The van der Waals surface area contributed by atoms with Gasteiger partial charge in [0, 0.05) is 31.2 Å². The molecule has 1 aromatic carbocycles. The molecule has 2 rings (SSSR count). The van der Waals surface area contributed by atoms with Crippen LogP contribution >= 0.6 is 0 Å². The number of esters is 1. The molecule has 1 aliphatic heterocycles. The van der Waals surface area contributed by atoms with Crippen molar-refractivity contribution in [3.63, 3.8) is 0 Å². The van der Waals surface area contributed by atoms with Gasteiger partial charge in [-0.3, -0.25) is 4.90 Å². The van der Waals surface area contributed by atoms with Gasteiger partial charge >= 0.3 is 12.1 Å². The number of hydrogen-bond acceptors (Lipinski definition) is 7. The molecule has 2 N–H and O–H groups in total. The molecule has 0 aliphatic carbocycles. The summed E-state index contributed by atoms with van der Waals surface area (Å²) in [5, 5.41) is 13.1. The standard InChI is InChI=1S/C17H23F3N2O5/c1-10-9-22(6-5-21-10)16(15(24)27-4,17(18,19)20)11-7-12(25-2)14(23)13(8-11)26-3/h7-8,10,21,23H,5-6,9H2,1-4H3/t10-,16+/m1/s1. The van der Waals surface area contributed by atoms with Crippen LogP contribution in [-0.2, 0) is 15.1 Å². The molecule has 0 amide bonds. The Labute approximate surface area is 155 Å². The number of rotatable bonds is 5. The van der Waals surface area contributed by atoms with Crippen LogP contribution in [0.3, 0.4) is 0 Å². The third kappa shape index (κ3) is 3.51. The lowest BCUT2D eigenvalue weighted by atomic mass is 9.85. The summed E-state index contributed by atoms with van der Waals surface area (Å²) in [6.07, 6.45) is -5.01. The second-order valence-corrected chi connectivity index (χ2v) is 6.23. The van der Waals surface area contributed by atoms with Crippen molar-refractivity contribution in [1.82, 2.24) is 10.2 Å². The molecule has 0 aromatic heterocycles. The molecule has 1 aromatic rings.